The number of ether oxygens (including phenoxy) is 1. The van der Waals surface area contributed by atoms with Crippen LogP contribution in [0.2, 0.25) is 0 Å². The van der Waals surface area contributed by atoms with E-state index in [2.05, 4.69) is 0 Å². The molecule has 1 aliphatic heterocycles. The maximum Gasteiger partial charge on any atom is 0.231 e. The number of hydrogen-bond donors (Lipinski definition) is 0. The Labute approximate surface area is 110 Å². The Bertz CT molecular complexity index is 551. The lowest BCUT2D eigenvalue weighted by Gasteiger charge is -2.29. The minimum absolute atomic E-state index is 0.129. The lowest BCUT2D eigenvalue weighted by molar-refractivity contribution is -0.118. The van der Waals surface area contributed by atoms with Crippen LogP contribution in [-0.2, 0) is 11.2 Å². The first-order chi connectivity index (χ1) is 8.84. The summed E-state index contributed by atoms with van der Waals surface area (Å²) < 4.78 is 5.55. The number of anilines is 1. The van der Waals surface area contributed by atoms with E-state index in [0.717, 1.165) is 17.0 Å². The first-order valence-electron chi connectivity index (χ1n) is 5.88. The maximum absolute atomic E-state index is 12.3. The van der Waals surface area contributed by atoms with Crippen LogP contribution in [0.25, 0.3) is 0 Å². The second-order valence-electron chi connectivity index (χ2n) is 4.17. The minimum Gasteiger partial charge on any atom is -0.490 e. The van der Waals surface area contributed by atoms with Crippen LogP contribution in [0.3, 0.4) is 0 Å². The Morgan fingerprint density at radius 2 is 2.22 bits per heavy atom. The summed E-state index contributed by atoms with van der Waals surface area (Å²) >= 11 is 1.62. The third-order valence-corrected chi connectivity index (χ3v) is 3.70. The van der Waals surface area contributed by atoms with Crippen LogP contribution < -0.4 is 9.64 Å². The number of thiophene rings is 1. The largest absolute Gasteiger partial charge is 0.490 e. The van der Waals surface area contributed by atoms with Crippen LogP contribution >= 0.6 is 11.3 Å². The van der Waals surface area contributed by atoms with Crippen LogP contribution in [0.4, 0.5) is 5.69 Å². The van der Waals surface area contributed by atoms with Crippen molar-refractivity contribution in [2.75, 3.05) is 18.1 Å². The van der Waals surface area contributed by atoms with Gasteiger partial charge in [-0.2, -0.15) is 11.3 Å². The fraction of sp³-hybridized carbons (Fsp3) is 0.214. The highest BCUT2D eigenvalue weighted by molar-refractivity contribution is 7.08. The highest BCUT2D eigenvalue weighted by atomic mass is 32.1. The van der Waals surface area contributed by atoms with E-state index in [9.17, 15) is 4.79 Å². The SMILES string of the molecule is O=C(Cc1ccsc1)N1CCOc2ccccc21. The van der Waals surface area contributed by atoms with Gasteiger partial charge < -0.3 is 9.64 Å². The summed E-state index contributed by atoms with van der Waals surface area (Å²) in [6, 6.07) is 9.68. The summed E-state index contributed by atoms with van der Waals surface area (Å²) in [5.74, 6) is 0.923. The van der Waals surface area contributed by atoms with Crippen LogP contribution in [0, 0.1) is 0 Å². The predicted molar refractivity (Wildman–Crippen MR) is 72.3 cm³/mol. The van der Waals surface area contributed by atoms with Crippen molar-refractivity contribution in [2.24, 2.45) is 0 Å². The number of carbonyl (C=O) groups excluding carboxylic acids is 1. The fourth-order valence-corrected chi connectivity index (χ4v) is 2.76. The lowest BCUT2D eigenvalue weighted by atomic mass is 10.2. The average Bonchev–Trinajstić information content (AvgIpc) is 2.91. The van der Waals surface area contributed by atoms with E-state index < -0.39 is 0 Å². The fourth-order valence-electron chi connectivity index (χ4n) is 2.09. The van der Waals surface area contributed by atoms with Gasteiger partial charge in [-0.15, -0.1) is 0 Å². The van der Waals surface area contributed by atoms with Crippen molar-refractivity contribution < 1.29 is 9.53 Å². The Hall–Kier alpha value is -1.81. The van der Waals surface area contributed by atoms with Crippen LogP contribution in [0.15, 0.2) is 41.1 Å². The molecule has 0 aliphatic carbocycles. The van der Waals surface area contributed by atoms with Gasteiger partial charge in [0, 0.05) is 0 Å². The molecule has 0 N–H and O–H groups in total. The summed E-state index contributed by atoms with van der Waals surface area (Å²) in [6.07, 6.45) is 0.456. The molecule has 0 fully saturated rings. The number of para-hydroxylation sites is 2. The van der Waals surface area contributed by atoms with Gasteiger partial charge in [-0.3, -0.25) is 4.79 Å². The zero-order valence-electron chi connectivity index (χ0n) is 9.83. The Morgan fingerprint density at radius 1 is 1.33 bits per heavy atom. The molecule has 0 unspecified atom stereocenters. The Morgan fingerprint density at radius 3 is 3.06 bits per heavy atom. The molecule has 4 heteroatoms. The van der Waals surface area contributed by atoms with Crippen molar-refractivity contribution in [1.82, 2.24) is 0 Å². The smallest absolute Gasteiger partial charge is 0.231 e. The maximum atomic E-state index is 12.3. The topological polar surface area (TPSA) is 29.5 Å². The molecule has 92 valence electrons. The number of amides is 1. The molecule has 0 saturated heterocycles. The van der Waals surface area contributed by atoms with Gasteiger partial charge in [0.05, 0.1) is 18.7 Å². The first-order valence-corrected chi connectivity index (χ1v) is 6.82. The van der Waals surface area contributed by atoms with E-state index in [4.69, 9.17) is 4.74 Å². The molecule has 0 radical (unpaired) electrons. The van der Waals surface area contributed by atoms with E-state index in [1.54, 1.807) is 11.3 Å². The molecular weight excluding hydrogens is 246 g/mol. The van der Waals surface area contributed by atoms with Gasteiger partial charge in [0.2, 0.25) is 5.91 Å². The summed E-state index contributed by atoms with van der Waals surface area (Å²) in [6.45, 7) is 1.19. The van der Waals surface area contributed by atoms with E-state index in [1.165, 1.54) is 0 Å². The molecular formula is C14H13NO2S. The molecule has 3 rings (SSSR count). The van der Waals surface area contributed by atoms with E-state index in [0.29, 0.717) is 19.6 Å². The second-order valence-corrected chi connectivity index (χ2v) is 4.95. The lowest BCUT2D eigenvalue weighted by Crippen LogP contribution is -2.38. The number of fused-ring (bicyclic) bond motifs is 1. The molecule has 0 atom stereocenters. The summed E-state index contributed by atoms with van der Waals surface area (Å²) in [5.41, 5.74) is 1.96. The van der Waals surface area contributed by atoms with Gasteiger partial charge in [-0.25, -0.2) is 0 Å². The number of carbonyl (C=O) groups is 1. The Balaban J connectivity index is 1.83. The van der Waals surface area contributed by atoms with Crippen LogP contribution in [0.5, 0.6) is 5.75 Å². The molecule has 1 aliphatic rings. The third kappa shape index (κ3) is 2.11. The average molecular weight is 259 g/mol. The molecule has 1 aromatic heterocycles. The summed E-state index contributed by atoms with van der Waals surface area (Å²) in [5, 5.41) is 4.01. The monoisotopic (exact) mass is 259 g/mol. The third-order valence-electron chi connectivity index (χ3n) is 2.97. The highest BCUT2D eigenvalue weighted by Gasteiger charge is 2.23. The predicted octanol–water partition coefficient (Wildman–Crippen LogP) is 2.72. The quantitative estimate of drug-likeness (QED) is 0.830. The number of nitrogens with zero attached hydrogens (tertiary/aromatic N) is 1. The van der Waals surface area contributed by atoms with Gasteiger partial charge in [0.25, 0.3) is 0 Å². The zero-order chi connectivity index (χ0) is 12.4. The van der Waals surface area contributed by atoms with Crippen molar-refractivity contribution in [2.45, 2.75) is 6.42 Å². The molecule has 3 nitrogen and oxygen atoms in total. The van der Waals surface area contributed by atoms with Gasteiger partial charge in [0.15, 0.2) is 0 Å². The molecule has 2 aromatic rings. The molecule has 0 spiro atoms. The molecule has 0 saturated carbocycles. The van der Waals surface area contributed by atoms with E-state index >= 15 is 0 Å². The normalized spacial score (nSPS) is 13.9. The van der Waals surface area contributed by atoms with Crippen molar-refractivity contribution in [3.8, 4) is 5.75 Å². The molecule has 2 heterocycles. The van der Waals surface area contributed by atoms with Crippen molar-refractivity contribution in [1.29, 1.82) is 0 Å². The molecule has 0 bridgehead atoms. The minimum atomic E-state index is 0.129. The number of hydrogen-bond acceptors (Lipinski definition) is 3. The van der Waals surface area contributed by atoms with Gasteiger partial charge in [-0.1, -0.05) is 12.1 Å². The van der Waals surface area contributed by atoms with Crippen LogP contribution in [-0.4, -0.2) is 19.1 Å². The molecule has 1 amide bonds. The first kappa shape index (κ1) is 11.3. The summed E-state index contributed by atoms with van der Waals surface area (Å²) in [7, 11) is 0. The molecule has 18 heavy (non-hydrogen) atoms. The van der Waals surface area contributed by atoms with Gasteiger partial charge in [0.1, 0.15) is 12.4 Å². The van der Waals surface area contributed by atoms with Crippen molar-refractivity contribution in [3.63, 3.8) is 0 Å². The van der Waals surface area contributed by atoms with Crippen molar-refractivity contribution in [3.05, 3.63) is 46.7 Å². The molecule has 1 aromatic carbocycles. The zero-order valence-corrected chi connectivity index (χ0v) is 10.7. The highest BCUT2D eigenvalue weighted by Crippen LogP contribution is 2.31. The van der Waals surface area contributed by atoms with Crippen molar-refractivity contribution >= 4 is 22.9 Å². The number of rotatable bonds is 2. The second kappa shape index (κ2) is 4.82. The van der Waals surface area contributed by atoms with Gasteiger partial charge in [-0.05, 0) is 34.5 Å². The van der Waals surface area contributed by atoms with Crippen LogP contribution in [0.1, 0.15) is 5.56 Å². The standard InChI is InChI=1S/C14H13NO2S/c16-14(9-11-5-8-18-10-11)15-6-7-17-13-4-2-1-3-12(13)15/h1-5,8,10H,6-7,9H2. The number of benzene rings is 1. The van der Waals surface area contributed by atoms with E-state index in [1.807, 2.05) is 46.0 Å². The van der Waals surface area contributed by atoms with Gasteiger partial charge >= 0.3 is 0 Å². The van der Waals surface area contributed by atoms with E-state index in [-0.39, 0.29) is 5.91 Å². The summed E-state index contributed by atoms with van der Waals surface area (Å²) in [4.78, 5) is 14.1. The Kier molecular flexibility index (Phi) is 3.02.